The number of benzene rings is 1. The van der Waals surface area contributed by atoms with Crippen LogP contribution in [0.2, 0.25) is 0 Å². The van der Waals surface area contributed by atoms with Crippen LogP contribution >= 0.6 is 0 Å². The van der Waals surface area contributed by atoms with Crippen molar-refractivity contribution in [1.29, 1.82) is 0 Å². The van der Waals surface area contributed by atoms with Crippen LogP contribution in [-0.4, -0.2) is 4.11 Å². The standard InChI is InChI=1S/C7H4F3NOS/c8-7(9,10)5-3-1-2-4-6(5)11(12)13/h1-4H. The van der Waals surface area contributed by atoms with E-state index in [1.165, 1.54) is 12.1 Å². The zero-order valence-corrected chi connectivity index (χ0v) is 7.02. The van der Waals surface area contributed by atoms with Crippen molar-refractivity contribution in [2.75, 3.05) is 0 Å². The summed E-state index contributed by atoms with van der Waals surface area (Å²) in [6.45, 7) is 0. The second kappa shape index (κ2) is 3.29. The van der Waals surface area contributed by atoms with E-state index in [-0.39, 0.29) is 4.11 Å². The second-order valence-corrected chi connectivity index (χ2v) is 2.60. The van der Waals surface area contributed by atoms with Crippen LogP contribution in [-0.2, 0) is 18.6 Å². The van der Waals surface area contributed by atoms with Crippen molar-refractivity contribution in [2.45, 2.75) is 6.18 Å². The van der Waals surface area contributed by atoms with Crippen molar-refractivity contribution in [3.8, 4) is 0 Å². The number of halogens is 3. The van der Waals surface area contributed by atoms with Crippen LogP contribution in [0.3, 0.4) is 0 Å². The molecule has 1 rings (SSSR count). The summed E-state index contributed by atoms with van der Waals surface area (Å²) >= 11 is 4.08. The highest BCUT2D eigenvalue weighted by Gasteiger charge is 2.36. The van der Waals surface area contributed by atoms with Gasteiger partial charge in [-0.15, -0.1) is 0 Å². The second-order valence-electron chi connectivity index (χ2n) is 2.27. The van der Waals surface area contributed by atoms with Crippen molar-refractivity contribution < 1.29 is 17.3 Å². The van der Waals surface area contributed by atoms with Gasteiger partial charge in [0.2, 0.25) is 5.69 Å². The third-order valence-electron chi connectivity index (χ3n) is 1.41. The maximum atomic E-state index is 12.2. The smallest absolute Gasteiger partial charge is 0.422 e. The fourth-order valence-corrected chi connectivity index (χ4v) is 1.03. The van der Waals surface area contributed by atoms with E-state index in [0.717, 1.165) is 12.1 Å². The molecule has 0 heterocycles. The third-order valence-corrected chi connectivity index (χ3v) is 1.60. The molecule has 1 aromatic carbocycles. The molecule has 0 saturated carbocycles. The summed E-state index contributed by atoms with van der Waals surface area (Å²) in [5.41, 5.74) is -1.56. The van der Waals surface area contributed by atoms with Crippen LogP contribution < -0.4 is 0 Å². The largest absolute Gasteiger partial charge is 0.605 e. The molecule has 6 heteroatoms. The van der Waals surface area contributed by atoms with Gasteiger partial charge in [-0.05, 0) is 6.07 Å². The highest BCUT2D eigenvalue weighted by Crippen LogP contribution is 2.35. The molecule has 0 N–H and O–H groups in total. The molecule has 0 atom stereocenters. The Hall–Kier alpha value is -1.17. The molecule has 0 aromatic heterocycles. The number of nitrogens with zero attached hydrogens (tertiary/aromatic N) is 1. The number of rotatable bonds is 1. The van der Waals surface area contributed by atoms with Crippen LogP contribution in [0.15, 0.2) is 24.3 Å². The summed E-state index contributed by atoms with van der Waals surface area (Å²) < 4.78 is 36.4. The quantitative estimate of drug-likeness (QED) is 0.522. The van der Waals surface area contributed by atoms with Crippen LogP contribution in [0.25, 0.3) is 0 Å². The maximum Gasteiger partial charge on any atom is 0.422 e. The Balaban J connectivity index is 3.28. The Morgan fingerprint density at radius 1 is 1.23 bits per heavy atom. The fraction of sp³-hybridized carbons (Fsp3) is 0.143. The number of para-hydroxylation sites is 1. The lowest BCUT2D eigenvalue weighted by molar-refractivity contribution is -0.329. The van der Waals surface area contributed by atoms with E-state index < -0.39 is 17.4 Å². The first-order valence-corrected chi connectivity index (χ1v) is 3.60. The van der Waals surface area contributed by atoms with Gasteiger partial charge in [0, 0.05) is 6.07 Å². The highest BCUT2D eigenvalue weighted by molar-refractivity contribution is 7.44. The van der Waals surface area contributed by atoms with Crippen molar-refractivity contribution in [3.05, 3.63) is 35.0 Å². The van der Waals surface area contributed by atoms with Crippen LogP contribution in [0, 0.1) is 5.21 Å². The molecule has 0 fully saturated rings. The first kappa shape index (κ1) is 9.91. The Bertz CT molecular complexity index is 337. The van der Waals surface area contributed by atoms with E-state index >= 15 is 0 Å². The van der Waals surface area contributed by atoms with Crippen LogP contribution in [0.1, 0.15) is 5.56 Å². The van der Waals surface area contributed by atoms with Gasteiger partial charge in [-0.3, -0.25) is 0 Å². The van der Waals surface area contributed by atoms with Gasteiger partial charge in [0.15, 0.2) is 0 Å². The molecular formula is C7H4F3NOS. The average Bonchev–Trinajstić information content (AvgIpc) is 2.03. The molecule has 13 heavy (non-hydrogen) atoms. The minimum atomic E-state index is -4.54. The third kappa shape index (κ3) is 2.15. The van der Waals surface area contributed by atoms with Gasteiger partial charge in [0.1, 0.15) is 5.56 Å². The molecule has 1 aromatic rings. The van der Waals surface area contributed by atoms with Crippen LogP contribution in [0.4, 0.5) is 18.9 Å². The van der Waals surface area contributed by atoms with E-state index in [1.807, 2.05) is 0 Å². The van der Waals surface area contributed by atoms with Gasteiger partial charge in [-0.1, -0.05) is 16.2 Å². The fourth-order valence-electron chi connectivity index (χ4n) is 0.873. The summed E-state index contributed by atoms with van der Waals surface area (Å²) in [6.07, 6.45) is -4.54. The maximum absolute atomic E-state index is 12.2. The van der Waals surface area contributed by atoms with Crippen molar-refractivity contribution in [1.82, 2.24) is 0 Å². The number of hydrogen-bond acceptors (Lipinski definition) is 2. The van der Waals surface area contributed by atoms with Gasteiger partial charge >= 0.3 is 6.18 Å². The molecule has 0 aliphatic heterocycles. The predicted molar refractivity (Wildman–Crippen MR) is 42.1 cm³/mol. The zero-order chi connectivity index (χ0) is 10.1. The molecule has 0 saturated heterocycles. The van der Waals surface area contributed by atoms with E-state index in [9.17, 15) is 18.4 Å². The molecule has 0 aliphatic rings. The highest BCUT2D eigenvalue weighted by atomic mass is 32.1. The Labute approximate surface area is 77.3 Å². The lowest BCUT2D eigenvalue weighted by Gasteiger charge is -2.08. The van der Waals surface area contributed by atoms with Crippen molar-refractivity contribution >= 4 is 18.1 Å². The molecule has 0 unspecified atom stereocenters. The molecule has 2 nitrogen and oxygen atoms in total. The lowest BCUT2D eigenvalue weighted by atomic mass is 10.2. The molecule has 0 spiro atoms. The predicted octanol–water partition coefficient (Wildman–Crippen LogP) is 2.58. The van der Waals surface area contributed by atoms with Gasteiger partial charge in [0.25, 0.3) is 12.4 Å². The summed E-state index contributed by atoms with van der Waals surface area (Å²) in [7, 11) is 0. The summed E-state index contributed by atoms with van der Waals surface area (Å²) in [5.74, 6) is 0. The molecule has 70 valence electrons. The van der Waals surface area contributed by atoms with Crippen molar-refractivity contribution in [2.24, 2.45) is 0 Å². The summed E-state index contributed by atoms with van der Waals surface area (Å²) in [4.78, 5) is 0. The van der Waals surface area contributed by atoms with Gasteiger partial charge in [0.05, 0.1) is 0 Å². The summed E-state index contributed by atoms with van der Waals surface area (Å²) in [5, 5.41) is 10.5. The minimum absolute atomic E-state index is 0.219. The van der Waals surface area contributed by atoms with Gasteiger partial charge in [-0.25, -0.2) is 0 Å². The SMILES string of the molecule is [O-][N+](=S)c1ccccc1C(F)(F)F. The normalized spacial score (nSPS) is 11.3. The molecule has 0 radical (unpaired) electrons. The average molecular weight is 207 g/mol. The topological polar surface area (TPSA) is 26.1 Å². The van der Waals surface area contributed by atoms with E-state index in [4.69, 9.17) is 0 Å². The Morgan fingerprint density at radius 3 is 2.15 bits per heavy atom. The lowest BCUT2D eigenvalue weighted by Crippen LogP contribution is -2.08. The molecular weight excluding hydrogens is 203 g/mol. The Kier molecular flexibility index (Phi) is 2.51. The summed E-state index contributed by atoms with van der Waals surface area (Å²) in [6, 6.07) is 4.36. The van der Waals surface area contributed by atoms with E-state index in [0.29, 0.717) is 0 Å². The van der Waals surface area contributed by atoms with E-state index in [2.05, 4.69) is 12.4 Å². The minimum Gasteiger partial charge on any atom is -0.605 e. The van der Waals surface area contributed by atoms with Crippen LogP contribution in [0.5, 0.6) is 0 Å². The number of alkyl halides is 3. The monoisotopic (exact) mass is 207 g/mol. The van der Waals surface area contributed by atoms with Crippen molar-refractivity contribution in [3.63, 3.8) is 0 Å². The van der Waals surface area contributed by atoms with Gasteiger partial charge in [-0.2, -0.15) is 13.2 Å². The molecule has 0 bridgehead atoms. The first-order valence-electron chi connectivity index (χ1n) is 3.23. The van der Waals surface area contributed by atoms with E-state index in [1.54, 1.807) is 0 Å². The molecule has 0 aliphatic carbocycles. The Morgan fingerprint density at radius 2 is 1.77 bits per heavy atom. The van der Waals surface area contributed by atoms with Gasteiger partial charge < -0.3 is 5.21 Å². The molecule has 0 amide bonds. The zero-order valence-electron chi connectivity index (χ0n) is 6.21. The number of hydrogen-bond donors (Lipinski definition) is 0. The first-order chi connectivity index (χ1) is 5.93.